The Morgan fingerprint density at radius 2 is 2.43 bits per heavy atom. The molecule has 0 saturated carbocycles. The molecule has 1 aliphatic heterocycles. The van der Waals surface area contributed by atoms with Crippen LogP contribution in [-0.4, -0.2) is 49.7 Å². The summed E-state index contributed by atoms with van der Waals surface area (Å²) in [5.74, 6) is -0.0850. The molecule has 0 spiro atoms. The number of nitrogens with one attached hydrogen (secondary N) is 1. The van der Waals surface area contributed by atoms with Gasteiger partial charge in [-0.2, -0.15) is 0 Å². The zero-order valence-corrected chi connectivity index (χ0v) is 9.08. The van der Waals surface area contributed by atoms with E-state index in [0.717, 1.165) is 26.2 Å². The van der Waals surface area contributed by atoms with Crippen molar-refractivity contribution in [3.63, 3.8) is 0 Å². The SMILES string of the molecule is CCOC(=O)CCN1CCNC[C@H]1C. The minimum absolute atomic E-state index is 0.0850. The van der Waals surface area contributed by atoms with Crippen LogP contribution >= 0.6 is 0 Å². The molecule has 1 saturated heterocycles. The highest BCUT2D eigenvalue weighted by Crippen LogP contribution is 2.03. The van der Waals surface area contributed by atoms with Crippen molar-refractivity contribution in [1.82, 2.24) is 10.2 Å². The zero-order valence-electron chi connectivity index (χ0n) is 9.08. The summed E-state index contributed by atoms with van der Waals surface area (Å²) in [5.41, 5.74) is 0. The van der Waals surface area contributed by atoms with Gasteiger partial charge in [-0.3, -0.25) is 9.69 Å². The Bertz CT molecular complexity index is 185. The van der Waals surface area contributed by atoms with Crippen LogP contribution < -0.4 is 5.32 Å². The molecule has 0 bridgehead atoms. The summed E-state index contributed by atoms with van der Waals surface area (Å²) in [7, 11) is 0. The van der Waals surface area contributed by atoms with Crippen LogP contribution in [0.5, 0.6) is 0 Å². The van der Waals surface area contributed by atoms with Gasteiger partial charge in [-0.05, 0) is 13.8 Å². The molecule has 0 aromatic rings. The summed E-state index contributed by atoms with van der Waals surface area (Å²) in [5, 5.41) is 3.32. The van der Waals surface area contributed by atoms with Gasteiger partial charge in [0.2, 0.25) is 0 Å². The third-order valence-corrected chi connectivity index (χ3v) is 2.55. The lowest BCUT2D eigenvalue weighted by molar-refractivity contribution is -0.143. The number of nitrogens with zero attached hydrogens (tertiary/aromatic N) is 1. The third kappa shape index (κ3) is 3.64. The average molecular weight is 200 g/mol. The fourth-order valence-electron chi connectivity index (χ4n) is 1.68. The number of esters is 1. The zero-order chi connectivity index (χ0) is 10.4. The van der Waals surface area contributed by atoms with Crippen molar-refractivity contribution in [2.45, 2.75) is 26.3 Å². The fourth-order valence-corrected chi connectivity index (χ4v) is 1.68. The number of carbonyl (C=O) groups is 1. The molecule has 82 valence electrons. The molecule has 4 heteroatoms. The molecule has 0 aromatic carbocycles. The lowest BCUT2D eigenvalue weighted by Gasteiger charge is -2.33. The fraction of sp³-hybridized carbons (Fsp3) is 0.900. The van der Waals surface area contributed by atoms with Gasteiger partial charge in [0.15, 0.2) is 0 Å². The van der Waals surface area contributed by atoms with E-state index in [1.54, 1.807) is 0 Å². The maximum atomic E-state index is 11.1. The van der Waals surface area contributed by atoms with Crippen molar-refractivity contribution in [3.8, 4) is 0 Å². The van der Waals surface area contributed by atoms with Gasteiger partial charge in [0.1, 0.15) is 0 Å². The van der Waals surface area contributed by atoms with Gasteiger partial charge < -0.3 is 10.1 Å². The summed E-state index contributed by atoms with van der Waals surface area (Å²) >= 11 is 0. The molecule has 0 aliphatic carbocycles. The second-order valence-electron chi connectivity index (χ2n) is 3.64. The predicted molar refractivity (Wildman–Crippen MR) is 55.2 cm³/mol. The van der Waals surface area contributed by atoms with E-state index in [-0.39, 0.29) is 5.97 Å². The first-order valence-electron chi connectivity index (χ1n) is 5.34. The molecule has 14 heavy (non-hydrogen) atoms. The summed E-state index contributed by atoms with van der Waals surface area (Å²) < 4.78 is 4.89. The molecule has 4 nitrogen and oxygen atoms in total. The van der Waals surface area contributed by atoms with Crippen LogP contribution in [0.15, 0.2) is 0 Å². The normalized spacial score (nSPS) is 23.4. The largest absolute Gasteiger partial charge is 0.466 e. The summed E-state index contributed by atoms with van der Waals surface area (Å²) in [6.07, 6.45) is 0.512. The van der Waals surface area contributed by atoms with Crippen LogP contribution in [-0.2, 0) is 9.53 Å². The molecule has 0 amide bonds. The Kier molecular flexibility index (Phi) is 4.90. The molecule has 1 aliphatic rings. The van der Waals surface area contributed by atoms with Gasteiger partial charge in [-0.15, -0.1) is 0 Å². The van der Waals surface area contributed by atoms with Crippen molar-refractivity contribution in [2.75, 3.05) is 32.8 Å². The Hall–Kier alpha value is -0.610. The highest BCUT2D eigenvalue weighted by molar-refractivity contribution is 5.69. The highest BCUT2D eigenvalue weighted by Gasteiger charge is 2.18. The van der Waals surface area contributed by atoms with Gasteiger partial charge in [-0.25, -0.2) is 0 Å². The predicted octanol–water partition coefficient (Wildman–Crippen LogP) is 0.233. The van der Waals surface area contributed by atoms with Gasteiger partial charge in [0.05, 0.1) is 13.0 Å². The van der Waals surface area contributed by atoms with Crippen LogP contribution in [0.2, 0.25) is 0 Å². The van der Waals surface area contributed by atoms with Crippen LogP contribution in [0, 0.1) is 0 Å². The second-order valence-corrected chi connectivity index (χ2v) is 3.64. The summed E-state index contributed by atoms with van der Waals surface area (Å²) in [6.45, 7) is 8.39. The van der Waals surface area contributed by atoms with E-state index in [9.17, 15) is 4.79 Å². The van der Waals surface area contributed by atoms with Crippen LogP contribution in [0.3, 0.4) is 0 Å². The van der Waals surface area contributed by atoms with Crippen molar-refractivity contribution < 1.29 is 9.53 Å². The first-order chi connectivity index (χ1) is 6.74. The molecule has 0 aromatic heterocycles. The van der Waals surface area contributed by atoms with Crippen LogP contribution in [0.1, 0.15) is 20.3 Å². The number of ether oxygens (including phenoxy) is 1. The lowest BCUT2D eigenvalue weighted by Crippen LogP contribution is -2.50. The molecule has 1 N–H and O–H groups in total. The molecule has 0 radical (unpaired) electrons. The van der Waals surface area contributed by atoms with E-state index in [2.05, 4.69) is 17.1 Å². The minimum Gasteiger partial charge on any atom is -0.466 e. The van der Waals surface area contributed by atoms with Gasteiger partial charge in [0.25, 0.3) is 0 Å². The maximum absolute atomic E-state index is 11.1. The summed E-state index contributed by atoms with van der Waals surface area (Å²) in [6, 6.07) is 0.526. The van der Waals surface area contributed by atoms with E-state index in [0.29, 0.717) is 19.1 Å². The molecule has 0 unspecified atom stereocenters. The van der Waals surface area contributed by atoms with E-state index in [1.165, 1.54) is 0 Å². The maximum Gasteiger partial charge on any atom is 0.307 e. The Morgan fingerprint density at radius 3 is 3.07 bits per heavy atom. The van der Waals surface area contributed by atoms with E-state index in [1.807, 2.05) is 6.92 Å². The third-order valence-electron chi connectivity index (χ3n) is 2.55. The first-order valence-corrected chi connectivity index (χ1v) is 5.34. The molecular formula is C10H20N2O2. The average Bonchev–Trinajstić information content (AvgIpc) is 2.17. The van der Waals surface area contributed by atoms with Crippen molar-refractivity contribution in [3.05, 3.63) is 0 Å². The highest BCUT2D eigenvalue weighted by atomic mass is 16.5. The number of carbonyl (C=O) groups excluding carboxylic acids is 1. The quantitative estimate of drug-likeness (QED) is 0.660. The topological polar surface area (TPSA) is 41.6 Å². The molecule has 1 rings (SSSR count). The van der Waals surface area contributed by atoms with Crippen molar-refractivity contribution in [1.29, 1.82) is 0 Å². The van der Waals surface area contributed by atoms with Gasteiger partial charge in [-0.1, -0.05) is 0 Å². The Labute approximate surface area is 85.6 Å². The van der Waals surface area contributed by atoms with E-state index < -0.39 is 0 Å². The molecule has 1 heterocycles. The van der Waals surface area contributed by atoms with E-state index in [4.69, 9.17) is 4.74 Å². The molecular weight excluding hydrogens is 180 g/mol. The standard InChI is InChI=1S/C10H20N2O2/c1-3-14-10(13)4-6-12-7-5-11-8-9(12)2/h9,11H,3-8H2,1-2H3/t9-/m1/s1. The van der Waals surface area contributed by atoms with Crippen LogP contribution in [0.25, 0.3) is 0 Å². The number of rotatable bonds is 4. The van der Waals surface area contributed by atoms with Crippen molar-refractivity contribution in [2.24, 2.45) is 0 Å². The lowest BCUT2D eigenvalue weighted by atomic mass is 10.2. The van der Waals surface area contributed by atoms with Crippen LogP contribution in [0.4, 0.5) is 0 Å². The molecule has 1 atom stereocenters. The summed E-state index contributed by atoms with van der Waals surface area (Å²) in [4.78, 5) is 13.5. The monoisotopic (exact) mass is 200 g/mol. The number of hydrogen-bond donors (Lipinski definition) is 1. The van der Waals surface area contributed by atoms with E-state index >= 15 is 0 Å². The number of piperazine rings is 1. The minimum atomic E-state index is -0.0850. The van der Waals surface area contributed by atoms with Crippen molar-refractivity contribution >= 4 is 5.97 Å². The number of hydrogen-bond acceptors (Lipinski definition) is 4. The Balaban J connectivity index is 2.19. The first kappa shape index (κ1) is 11.5. The Morgan fingerprint density at radius 1 is 1.64 bits per heavy atom. The smallest absolute Gasteiger partial charge is 0.307 e. The molecule has 1 fully saturated rings. The van der Waals surface area contributed by atoms with Gasteiger partial charge >= 0.3 is 5.97 Å². The second kappa shape index (κ2) is 5.98. The van der Waals surface area contributed by atoms with Gasteiger partial charge in [0, 0.05) is 32.2 Å².